The number of benzene rings is 3. The zero-order valence-electron chi connectivity index (χ0n) is 16.8. The smallest absolute Gasteiger partial charge is 0.282 e. The number of carbonyl (C=O) groups is 2. The number of nitrogens with one attached hydrogen (secondary N) is 1. The van der Waals surface area contributed by atoms with Crippen LogP contribution in [-0.4, -0.2) is 18.9 Å². The summed E-state index contributed by atoms with van der Waals surface area (Å²) in [6.07, 6.45) is 0. The molecule has 1 aliphatic heterocycles. The monoisotopic (exact) mass is 452 g/mol. The zero-order chi connectivity index (χ0) is 22.1. The number of hydrogen-bond acceptors (Lipinski definition) is 4. The van der Waals surface area contributed by atoms with Crippen LogP contribution in [0.4, 0.5) is 11.4 Å². The van der Waals surface area contributed by atoms with Crippen LogP contribution in [0.2, 0.25) is 10.0 Å². The summed E-state index contributed by atoms with van der Waals surface area (Å²) in [7, 11) is 1.51. The van der Waals surface area contributed by atoms with Crippen molar-refractivity contribution < 1.29 is 14.3 Å². The van der Waals surface area contributed by atoms with Gasteiger partial charge in [-0.15, -0.1) is 0 Å². The van der Waals surface area contributed by atoms with Crippen molar-refractivity contribution in [2.75, 3.05) is 17.3 Å². The Morgan fingerprint density at radius 2 is 1.52 bits per heavy atom. The Balaban J connectivity index is 1.91. The zero-order valence-corrected chi connectivity index (χ0v) is 18.3. The molecule has 7 heteroatoms. The number of imide groups is 1. The van der Waals surface area contributed by atoms with Gasteiger partial charge in [0.2, 0.25) is 0 Å². The summed E-state index contributed by atoms with van der Waals surface area (Å²) in [5.74, 6) is -0.537. The minimum atomic E-state index is -0.515. The molecule has 0 unspecified atom stereocenters. The number of amides is 2. The highest BCUT2D eigenvalue weighted by molar-refractivity contribution is 6.48. The van der Waals surface area contributed by atoms with Crippen LogP contribution in [0.1, 0.15) is 11.1 Å². The highest BCUT2D eigenvalue weighted by Gasteiger charge is 2.42. The van der Waals surface area contributed by atoms with E-state index in [0.29, 0.717) is 32.7 Å². The second kappa shape index (κ2) is 8.46. The number of hydrogen-bond donors (Lipinski definition) is 1. The average Bonchev–Trinajstić information content (AvgIpc) is 3.01. The summed E-state index contributed by atoms with van der Waals surface area (Å²) in [5.41, 5.74) is 2.51. The molecule has 0 atom stereocenters. The molecule has 5 nitrogen and oxygen atoms in total. The van der Waals surface area contributed by atoms with Gasteiger partial charge in [-0.1, -0.05) is 59.6 Å². The van der Waals surface area contributed by atoms with E-state index in [2.05, 4.69) is 5.32 Å². The summed E-state index contributed by atoms with van der Waals surface area (Å²) >= 11 is 12.6. The Kier molecular flexibility index (Phi) is 5.72. The second-order valence-electron chi connectivity index (χ2n) is 6.88. The predicted octanol–water partition coefficient (Wildman–Crippen LogP) is 5.71. The van der Waals surface area contributed by atoms with E-state index in [1.165, 1.54) is 7.11 Å². The van der Waals surface area contributed by atoms with Gasteiger partial charge in [0.15, 0.2) is 0 Å². The van der Waals surface area contributed by atoms with Gasteiger partial charge in [-0.05, 0) is 42.8 Å². The normalized spacial score (nSPS) is 13.7. The number of anilines is 2. The standard InChI is InChI=1S/C24H18Cl2N2O3/c1-14-16(25)10-7-11-18(14)27-22-21(15-8-3-6-13-20(15)31-2)23(29)28(24(22)30)19-12-5-4-9-17(19)26/h3-13,27H,1-2H3. The molecule has 0 fully saturated rings. The van der Waals surface area contributed by atoms with Crippen LogP contribution in [0, 0.1) is 6.92 Å². The first-order valence-corrected chi connectivity index (χ1v) is 10.2. The van der Waals surface area contributed by atoms with Gasteiger partial charge in [-0.3, -0.25) is 9.59 Å². The number of para-hydroxylation sites is 2. The molecule has 3 aromatic rings. The van der Waals surface area contributed by atoms with Crippen LogP contribution in [0.3, 0.4) is 0 Å². The topological polar surface area (TPSA) is 58.6 Å². The second-order valence-corrected chi connectivity index (χ2v) is 7.70. The summed E-state index contributed by atoms with van der Waals surface area (Å²) in [6, 6.07) is 19.1. The van der Waals surface area contributed by atoms with E-state index in [1.807, 2.05) is 6.92 Å². The Hall–Kier alpha value is -3.28. The summed E-state index contributed by atoms with van der Waals surface area (Å²) < 4.78 is 5.46. The van der Waals surface area contributed by atoms with Crippen LogP contribution in [0.25, 0.3) is 5.57 Å². The molecule has 0 aliphatic carbocycles. The lowest BCUT2D eigenvalue weighted by Crippen LogP contribution is -2.32. The van der Waals surface area contributed by atoms with E-state index in [0.717, 1.165) is 10.5 Å². The van der Waals surface area contributed by atoms with Crippen LogP contribution in [0.5, 0.6) is 5.75 Å². The molecule has 156 valence electrons. The van der Waals surface area contributed by atoms with Crippen molar-refractivity contribution in [1.29, 1.82) is 0 Å². The average molecular weight is 453 g/mol. The first-order valence-electron chi connectivity index (χ1n) is 9.47. The Morgan fingerprint density at radius 3 is 2.26 bits per heavy atom. The molecular weight excluding hydrogens is 435 g/mol. The highest BCUT2D eigenvalue weighted by Crippen LogP contribution is 2.39. The molecular formula is C24H18Cl2N2O3. The van der Waals surface area contributed by atoms with E-state index in [9.17, 15) is 9.59 Å². The molecule has 0 spiro atoms. The van der Waals surface area contributed by atoms with Gasteiger partial charge in [0.25, 0.3) is 11.8 Å². The lowest BCUT2D eigenvalue weighted by Gasteiger charge is -2.17. The Morgan fingerprint density at radius 1 is 0.839 bits per heavy atom. The van der Waals surface area contributed by atoms with Crippen molar-refractivity contribution in [3.05, 3.63) is 93.6 Å². The summed E-state index contributed by atoms with van der Waals surface area (Å²) in [6.45, 7) is 1.83. The van der Waals surface area contributed by atoms with E-state index < -0.39 is 11.8 Å². The third-order valence-electron chi connectivity index (χ3n) is 5.08. The fourth-order valence-electron chi connectivity index (χ4n) is 3.48. The molecule has 31 heavy (non-hydrogen) atoms. The molecule has 0 aromatic heterocycles. The molecule has 3 aromatic carbocycles. The number of nitrogens with zero attached hydrogens (tertiary/aromatic N) is 1. The highest BCUT2D eigenvalue weighted by atomic mass is 35.5. The Bertz CT molecular complexity index is 1240. The molecule has 0 saturated heterocycles. The van der Waals surface area contributed by atoms with Crippen molar-refractivity contribution in [3.63, 3.8) is 0 Å². The summed E-state index contributed by atoms with van der Waals surface area (Å²) in [5, 5.41) is 3.97. The van der Waals surface area contributed by atoms with Crippen molar-refractivity contribution in [2.45, 2.75) is 6.92 Å². The van der Waals surface area contributed by atoms with E-state index in [4.69, 9.17) is 27.9 Å². The third-order valence-corrected chi connectivity index (χ3v) is 5.81. The van der Waals surface area contributed by atoms with Crippen LogP contribution >= 0.6 is 23.2 Å². The third kappa shape index (κ3) is 3.67. The van der Waals surface area contributed by atoms with Crippen LogP contribution < -0.4 is 15.0 Å². The molecule has 1 N–H and O–H groups in total. The first kappa shape index (κ1) is 21.0. The van der Waals surface area contributed by atoms with Crippen molar-refractivity contribution in [1.82, 2.24) is 0 Å². The fourth-order valence-corrected chi connectivity index (χ4v) is 3.87. The van der Waals surface area contributed by atoms with Gasteiger partial charge in [0.1, 0.15) is 11.4 Å². The SMILES string of the molecule is COc1ccccc1C1=C(Nc2cccc(Cl)c2C)C(=O)N(c2ccccc2Cl)C1=O. The van der Waals surface area contributed by atoms with Gasteiger partial charge in [0.05, 0.1) is 23.4 Å². The van der Waals surface area contributed by atoms with Crippen molar-refractivity contribution in [3.8, 4) is 5.75 Å². The number of ether oxygens (including phenoxy) is 1. The molecule has 2 amide bonds. The van der Waals surface area contributed by atoms with Gasteiger partial charge in [-0.2, -0.15) is 0 Å². The number of halogens is 2. The van der Waals surface area contributed by atoms with E-state index >= 15 is 0 Å². The minimum Gasteiger partial charge on any atom is -0.496 e. The molecule has 1 heterocycles. The van der Waals surface area contributed by atoms with Crippen LogP contribution in [-0.2, 0) is 9.59 Å². The Labute approximate surface area is 189 Å². The van der Waals surface area contributed by atoms with Crippen molar-refractivity contribution >= 4 is 52.0 Å². The van der Waals surface area contributed by atoms with Crippen LogP contribution in [0.15, 0.2) is 72.4 Å². The fraction of sp³-hybridized carbons (Fsp3) is 0.0833. The molecule has 0 bridgehead atoms. The largest absolute Gasteiger partial charge is 0.496 e. The molecule has 1 aliphatic rings. The quantitative estimate of drug-likeness (QED) is 0.503. The van der Waals surface area contributed by atoms with Gasteiger partial charge in [-0.25, -0.2) is 4.90 Å². The maximum Gasteiger partial charge on any atom is 0.282 e. The lowest BCUT2D eigenvalue weighted by atomic mass is 10.0. The van der Waals surface area contributed by atoms with E-state index in [1.54, 1.807) is 66.7 Å². The van der Waals surface area contributed by atoms with Crippen molar-refractivity contribution in [2.24, 2.45) is 0 Å². The number of carbonyl (C=O) groups excluding carboxylic acids is 2. The van der Waals surface area contributed by atoms with Gasteiger partial charge in [0, 0.05) is 16.3 Å². The predicted molar refractivity (Wildman–Crippen MR) is 124 cm³/mol. The lowest BCUT2D eigenvalue weighted by molar-refractivity contribution is -0.120. The summed E-state index contributed by atoms with van der Waals surface area (Å²) in [4.78, 5) is 28.1. The van der Waals surface area contributed by atoms with Gasteiger partial charge < -0.3 is 10.1 Å². The molecule has 0 radical (unpaired) electrons. The maximum atomic E-state index is 13.6. The molecule has 0 saturated carbocycles. The molecule has 4 rings (SSSR count). The minimum absolute atomic E-state index is 0.125. The van der Waals surface area contributed by atoms with Gasteiger partial charge >= 0.3 is 0 Å². The first-order chi connectivity index (χ1) is 14.9. The maximum absolute atomic E-state index is 13.6. The number of methoxy groups -OCH3 is 1. The number of rotatable bonds is 5. The van der Waals surface area contributed by atoms with E-state index in [-0.39, 0.29) is 11.3 Å².